The van der Waals surface area contributed by atoms with Gasteiger partial charge in [0.2, 0.25) is 0 Å². The first kappa shape index (κ1) is 23.5. The topological polar surface area (TPSA) is 58.9 Å². The summed E-state index contributed by atoms with van der Waals surface area (Å²) >= 11 is 0. The Morgan fingerprint density at radius 3 is 2.56 bits per heavy atom. The van der Waals surface area contributed by atoms with Gasteiger partial charge in [0, 0.05) is 24.8 Å². The van der Waals surface area contributed by atoms with Crippen molar-refractivity contribution in [2.24, 2.45) is 0 Å². The van der Waals surface area contributed by atoms with Crippen LogP contribution < -0.4 is 10.1 Å². The molecule has 0 spiro atoms. The third-order valence-corrected chi connectivity index (χ3v) is 6.19. The van der Waals surface area contributed by atoms with Crippen molar-refractivity contribution in [3.05, 3.63) is 78.1 Å². The van der Waals surface area contributed by atoms with Gasteiger partial charge >= 0.3 is 0 Å². The van der Waals surface area contributed by atoms with E-state index in [0.717, 1.165) is 47.7 Å². The fourth-order valence-electron chi connectivity index (χ4n) is 4.18. The molecule has 0 saturated heterocycles. The molecule has 0 unspecified atom stereocenters. The van der Waals surface area contributed by atoms with Crippen LogP contribution in [0, 0.1) is 6.92 Å². The lowest BCUT2D eigenvalue weighted by Crippen LogP contribution is -2.34. The number of hydrogen-bond acceptors (Lipinski definition) is 4. The van der Waals surface area contributed by atoms with E-state index in [1.807, 2.05) is 30.5 Å². The van der Waals surface area contributed by atoms with Crippen LogP contribution in [0.3, 0.4) is 0 Å². The largest absolute Gasteiger partial charge is 0.496 e. The van der Waals surface area contributed by atoms with Gasteiger partial charge in [0.1, 0.15) is 11.6 Å². The van der Waals surface area contributed by atoms with Crippen molar-refractivity contribution in [2.75, 3.05) is 33.3 Å². The van der Waals surface area contributed by atoms with Crippen molar-refractivity contribution in [1.29, 1.82) is 0 Å². The maximum atomic E-state index is 12.8. The van der Waals surface area contributed by atoms with E-state index in [-0.39, 0.29) is 5.91 Å². The number of hydrogen-bond donors (Lipinski definition) is 1. The summed E-state index contributed by atoms with van der Waals surface area (Å²) in [5.74, 6) is 1.33. The van der Waals surface area contributed by atoms with Crippen molar-refractivity contribution < 1.29 is 9.53 Å². The Morgan fingerprint density at radius 1 is 1.03 bits per heavy atom. The molecule has 2 aromatic carbocycles. The summed E-state index contributed by atoms with van der Waals surface area (Å²) in [7, 11) is 1.60. The summed E-state index contributed by atoms with van der Waals surface area (Å²) in [6.07, 6.45) is 3.96. The molecular weight excluding hydrogens is 424 g/mol. The molecule has 176 valence electrons. The number of pyridine rings is 1. The number of nitrogens with zero attached hydrogens (tertiary/aromatic N) is 3. The summed E-state index contributed by atoms with van der Waals surface area (Å²) in [6.45, 7) is 9.70. The molecule has 1 N–H and O–H groups in total. The molecule has 6 heteroatoms. The van der Waals surface area contributed by atoms with E-state index in [9.17, 15) is 4.79 Å². The molecule has 0 bridgehead atoms. The van der Waals surface area contributed by atoms with Crippen molar-refractivity contribution >= 4 is 11.4 Å². The minimum Gasteiger partial charge on any atom is -0.496 e. The average molecular weight is 457 g/mol. The van der Waals surface area contributed by atoms with E-state index < -0.39 is 0 Å². The van der Waals surface area contributed by atoms with Crippen molar-refractivity contribution in [3.63, 3.8) is 0 Å². The molecule has 0 saturated carbocycles. The first-order valence-electron chi connectivity index (χ1n) is 11.8. The molecule has 0 radical (unpaired) electrons. The number of aromatic nitrogens is 2. The predicted molar refractivity (Wildman–Crippen MR) is 137 cm³/mol. The van der Waals surface area contributed by atoms with Crippen LogP contribution in [0.2, 0.25) is 0 Å². The third-order valence-electron chi connectivity index (χ3n) is 6.19. The number of benzene rings is 2. The standard InChI is InChI=1S/C28H32N4O2/c1-5-31(6-2)15-14-29-28(33)25-13-11-21(17-26(25)34-4)23-10-12-24-18-30-27(32(24)19-23)22-9-7-8-20(3)16-22/h7-13,16-19H,5-6,14-15H2,1-4H3,(H,29,33). The van der Waals surface area contributed by atoms with Crippen LogP contribution in [0.5, 0.6) is 5.75 Å². The highest BCUT2D eigenvalue weighted by molar-refractivity contribution is 5.97. The van der Waals surface area contributed by atoms with Gasteiger partial charge in [-0.3, -0.25) is 9.20 Å². The molecule has 6 nitrogen and oxygen atoms in total. The molecule has 2 heterocycles. The second-order valence-electron chi connectivity index (χ2n) is 8.36. The fraction of sp³-hybridized carbons (Fsp3) is 0.286. The summed E-state index contributed by atoms with van der Waals surface area (Å²) in [6, 6.07) is 18.2. The van der Waals surface area contributed by atoms with Crippen LogP contribution in [0.25, 0.3) is 28.0 Å². The number of rotatable bonds is 9. The van der Waals surface area contributed by atoms with Crippen molar-refractivity contribution in [1.82, 2.24) is 19.6 Å². The average Bonchev–Trinajstić information content (AvgIpc) is 3.29. The fourth-order valence-corrected chi connectivity index (χ4v) is 4.18. The first-order valence-corrected chi connectivity index (χ1v) is 11.8. The maximum absolute atomic E-state index is 12.8. The number of likely N-dealkylation sites (N-methyl/N-ethyl adjacent to an activating group) is 1. The second kappa shape index (κ2) is 10.5. The number of carbonyl (C=O) groups excluding carboxylic acids is 1. The van der Waals surface area contributed by atoms with E-state index in [1.165, 1.54) is 5.56 Å². The molecule has 2 aromatic heterocycles. The Bertz CT molecular complexity index is 1290. The van der Waals surface area contributed by atoms with Crippen LogP contribution in [-0.4, -0.2) is 53.5 Å². The monoisotopic (exact) mass is 456 g/mol. The zero-order chi connectivity index (χ0) is 24.1. The lowest BCUT2D eigenvalue weighted by molar-refractivity contribution is 0.0946. The van der Waals surface area contributed by atoms with E-state index in [2.05, 4.69) is 76.9 Å². The van der Waals surface area contributed by atoms with Crippen LogP contribution in [0.1, 0.15) is 29.8 Å². The Kier molecular flexibility index (Phi) is 7.28. The number of nitrogens with one attached hydrogen (secondary N) is 1. The molecule has 4 aromatic rings. The molecule has 0 aliphatic heterocycles. The molecule has 0 aliphatic carbocycles. The molecule has 4 rings (SSSR count). The van der Waals surface area contributed by atoms with Gasteiger partial charge in [0.15, 0.2) is 0 Å². The van der Waals surface area contributed by atoms with Crippen LogP contribution in [0.4, 0.5) is 0 Å². The molecule has 34 heavy (non-hydrogen) atoms. The Balaban J connectivity index is 1.60. The highest BCUT2D eigenvalue weighted by atomic mass is 16.5. The number of carbonyl (C=O) groups is 1. The van der Waals surface area contributed by atoms with Gasteiger partial charge in [-0.25, -0.2) is 4.98 Å². The molecule has 0 fully saturated rings. The van der Waals surface area contributed by atoms with Gasteiger partial charge in [-0.2, -0.15) is 0 Å². The second-order valence-corrected chi connectivity index (χ2v) is 8.36. The molecule has 0 aliphatic rings. The number of ether oxygens (including phenoxy) is 1. The summed E-state index contributed by atoms with van der Waals surface area (Å²) in [4.78, 5) is 19.7. The number of methoxy groups -OCH3 is 1. The smallest absolute Gasteiger partial charge is 0.255 e. The van der Waals surface area contributed by atoms with Crippen LogP contribution >= 0.6 is 0 Å². The molecule has 0 atom stereocenters. The van der Waals surface area contributed by atoms with Gasteiger partial charge < -0.3 is 15.0 Å². The number of amides is 1. The third kappa shape index (κ3) is 4.97. The van der Waals surface area contributed by atoms with E-state index in [0.29, 0.717) is 17.9 Å². The van der Waals surface area contributed by atoms with Gasteiger partial charge in [-0.15, -0.1) is 0 Å². The number of imidazole rings is 1. The Labute approximate surface area is 201 Å². The normalized spacial score (nSPS) is 11.2. The highest BCUT2D eigenvalue weighted by Crippen LogP contribution is 2.29. The Hall–Kier alpha value is -3.64. The maximum Gasteiger partial charge on any atom is 0.255 e. The lowest BCUT2D eigenvalue weighted by Gasteiger charge is -2.18. The predicted octanol–water partition coefficient (Wildman–Crippen LogP) is 5.06. The number of aryl methyl sites for hydroxylation is 1. The quantitative estimate of drug-likeness (QED) is 0.383. The van der Waals surface area contributed by atoms with Crippen molar-refractivity contribution in [2.45, 2.75) is 20.8 Å². The van der Waals surface area contributed by atoms with Crippen LogP contribution in [-0.2, 0) is 0 Å². The summed E-state index contributed by atoms with van der Waals surface area (Å²) < 4.78 is 7.69. The summed E-state index contributed by atoms with van der Waals surface area (Å²) in [5.41, 5.74) is 5.83. The van der Waals surface area contributed by atoms with Crippen LogP contribution in [0.15, 0.2) is 67.0 Å². The SMILES string of the molecule is CCN(CC)CCNC(=O)c1ccc(-c2ccc3cnc(-c4cccc(C)c4)n3c2)cc1OC. The zero-order valence-electron chi connectivity index (χ0n) is 20.3. The van der Waals surface area contributed by atoms with E-state index in [4.69, 9.17) is 4.74 Å². The highest BCUT2D eigenvalue weighted by Gasteiger charge is 2.15. The van der Waals surface area contributed by atoms with Crippen molar-refractivity contribution in [3.8, 4) is 28.3 Å². The zero-order valence-corrected chi connectivity index (χ0v) is 20.3. The Morgan fingerprint density at radius 2 is 1.82 bits per heavy atom. The minimum atomic E-state index is -0.123. The van der Waals surface area contributed by atoms with Gasteiger partial charge in [0.25, 0.3) is 5.91 Å². The minimum absolute atomic E-state index is 0.123. The summed E-state index contributed by atoms with van der Waals surface area (Å²) in [5, 5.41) is 3.01. The lowest BCUT2D eigenvalue weighted by atomic mass is 10.0. The van der Waals surface area contributed by atoms with Gasteiger partial charge in [-0.05, 0) is 55.4 Å². The van der Waals surface area contributed by atoms with E-state index in [1.54, 1.807) is 7.11 Å². The van der Waals surface area contributed by atoms with Gasteiger partial charge in [-0.1, -0.05) is 49.7 Å². The molecular formula is C28H32N4O2. The first-order chi connectivity index (χ1) is 16.5. The van der Waals surface area contributed by atoms with Gasteiger partial charge in [0.05, 0.1) is 24.4 Å². The van der Waals surface area contributed by atoms with E-state index >= 15 is 0 Å². The molecule has 1 amide bonds. The number of fused-ring (bicyclic) bond motifs is 1.